The van der Waals surface area contributed by atoms with E-state index in [9.17, 15) is 0 Å². The van der Waals surface area contributed by atoms with Crippen LogP contribution in [0.5, 0.6) is 17.2 Å². The van der Waals surface area contributed by atoms with E-state index in [1.165, 1.54) is 7.11 Å². The van der Waals surface area contributed by atoms with Crippen molar-refractivity contribution in [1.82, 2.24) is 25.1 Å². The number of benzene rings is 2. The van der Waals surface area contributed by atoms with Gasteiger partial charge in [0.1, 0.15) is 0 Å². The van der Waals surface area contributed by atoms with Gasteiger partial charge in [0.05, 0.1) is 37.7 Å². The summed E-state index contributed by atoms with van der Waals surface area (Å²) in [5.74, 6) is 2.02. The van der Waals surface area contributed by atoms with Crippen LogP contribution in [0, 0.1) is 6.92 Å². The summed E-state index contributed by atoms with van der Waals surface area (Å²) in [4.78, 5) is 4.47. The second-order valence-corrected chi connectivity index (χ2v) is 6.63. The third-order valence-electron chi connectivity index (χ3n) is 4.53. The number of methoxy groups -OCH3 is 3. The zero-order valence-electron chi connectivity index (χ0n) is 16.7. The largest absolute Gasteiger partial charge is 0.493 e. The zero-order chi connectivity index (χ0) is 21.3. The van der Waals surface area contributed by atoms with Gasteiger partial charge in [0, 0.05) is 5.56 Å². The van der Waals surface area contributed by atoms with E-state index in [0.717, 1.165) is 0 Å². The van der Waals surface area contributed by atoms with Crippen LogP contribution in [0.2, 0.25) is 5.02 Å². The molecule has 0 bridgehead atoms. The molecule has 0 aliphatic heterocycles. The van der Waals surface area contributed by atoms with Crippen molar-refractivity contribution in [2.45, 2.75) is 6.92 Å². The molecule has 30 heavy (non-hydrogen) atoms. The minimum Gasteiger partial charge on any atom is -0.493 e. The first kappa shape index (κ1) is 19.7. The molecule has 9 nitrogen and oxygen atoms in total. The number of hydrogen-bond donors (Lipinski definition) is 0. The monoisotopic (exact) mass is 427 g/mol. The fourth-order valence-corrected chi connectivity index (χ4v) is 3.24. The van der Waals surface area contributed by atoms with Crippen LogP contribution < -0.4 is 14.2 Å². The lowest BCUT2D eigenvalue weighted by atomic mass is 10.1. The summed E-state index contributed by atoms with van der Waals surface area (Å²) < 4.78 is 23.2. The highest BCUT2D eigenvalue weighted by molar-refractivity contribution is 6.32. The Morgan fingerprint density at radius 2 is 1.70 bits per heavy atom. The smallest absolute Gasteiger partial charge is 0.280 e. The van der Waals surface area contributed by atoms with Crippen LogP contribution in [-0.4, -0.2) is 46.5 Å². The van der Waals surface area contributed by atoms with E-state index in [-0.39, 0.29) is 5.89 Å². The first-order chi connectivity index (χ1) is 14.6. The van der Waals surface area contributed by atoms with Crippen LogP contribution in [0.15, 0.2) is 40.9 Å². The predicted molar refractivity (Wildman–Crippen MR) is 109 cm³/mol. The molecule has 2 aromatic heterocycles. The van der Waals surface area contributed by atoms with Crippen molar-refractivity contribution in [2.75, 3.05) is 21.3 Å². The normalized spacial score (nSPS) is 10.8. The van der Waals surface area contributed by atoms with Crippen LogP contribution in [0.4, 0.5) is 0 Å². The summed E-state index contributed by atoms with van der Waals surface area (Å²) in [6.45, 7) is 1.85. The molecule has 0 fully saturated rings. The highest BCUT2D eigenvalue weighted by Gasteiger charge is 2.21. The summed E-state index contributed by atoms with van der Waals surface area (Å²) in [6, 6.07) is 10.8. The van der Waals surface area contributed by atoms with E-state index in [2.05, 4.69) is 20.5 Å². The Morgan fingerprint density at radius 3 is 2.33 bits per heavy atom. The van der Waals surface area contributed by atoms with Gasteiger partial charge in [-0.2, -0.15) is 4.98 Å². The maximum Gasteiger partial charge on any atom is 0.280 e. The summed E-state index contributed by atoms with van der Waals surface area (Å²) in [7, 11) is 4.62. The molecule has 0 aliphatic carbocycles. The lowest BCUT2D eigenvalue weighted by molar-refractivity contribution is 0.324. The van der Waals surface area contributed by atoms with Gasteiger partial charge in [-0.25, -0.2) is 4.68 Å². The standard InChI is InChI=1S/C20H18ClN5O4/c1-11-17(23-25-26(11)14-8-6-5-7-13(14)21)20-22-19(24-30-20)12-9-15(27-2)18(29-4)16(10-12)28-3/h5-10H,1-4H3. The molecule has 0 N–H and O–H groups in total. The molecule has 0 unspecified atom stereocenters. The summed E-state index contributed by atoms with van der Waals surface area (Å²) in [5.41, 5.74) is 2.51. The molecular formula is C20H18ClN5O4. The molecule has 0 radical (unpaired) electrons. The Hall–Kier alpha value is -3.59. The Balaban J connectivity index is 1.74. The van der Waals surface area contributed by atoms with Crippen LogP contribution >= 0.6 is 11.6 Å². The summed E-state index contributed by atoms with van der Waals surface area (Å²) >= 11 is 6.28. The van der Waals surface area contributed by atoms with Gasteiger partial charge in [-0.05, 0) is 31.2 Å². The lowest BCUT2D eigenvalue weighted by Gasteiger charge is -2.12. The van der Waals surface area contributed by atoms with Crippen molar-refractivity contribution in [3.05, 3.63) is 47.1 Å². The SMILES string of the molecule is COc1cc(-c2noc(-c3nnn(-c4ccccc4Cl)c3C)n2)cc(OC)c1OC. The van der Waals surface area contributed by atoms with E-state index in [4.69, 9.17) is 30.3 Å². The lowest BCUT2D eigenvalue weighted by Crippen LogP contribution is -1.99. The average molecular weight is 428 g/mol. The van der Waals surface area contributed by atoms with Gasteiger partial charge in [-0.1, -0.05) is 34.1 Å². The van der Waals surface area contributed by atoms with Gasteiger partial charge in [-0.15, -0.1) is 5.10 Å². The second-order valence-electron chi connectivity index (χ2n) is 6.22. The molecule has 4 rings (SSSR count). The maximum atomic E-state index is 6.28. The minimum absolute atomic E-state index is 0.231. The number of rotatable bonds is 6. The molecule has 0 atom stereocenters. The van der Waals surface area contributed by atoms with E-state index >= 15 is 0 Å². The molecular weight excluding hydrogens is 410 g/mol. The van der Waals surface area contributed by atoms with Crippen molar-refractivity contribution in [1.29, 1.82) is 0 Å². The average Bonchev–Trinajstić information content (AvgIpc) is 3.40. The van der Waals surface area contributed by atoms with Crippen LogP contribution in [-0.2, 0) is 0 Å². The first-order valence-electron chi connectivity index (χ1n) is 8.89. The van der Waals surface area contributed by atoms with Gasteiger partial charge in [0.2, 0.25) is 11.6 Å². The van der Waals surface area contributed by atoms with E-state index in [1.54, 1.807) is 37.1 Å². The number of halogens is 1. The number of aromatic nitrogens is 5. The van der Waals surface area contributed by atoms with Gasteiger partial charge >= 0.3 is 0 Å². The Morgan fingerprint density at radius 1 is 1.00 bits per heavy atom. The second kappa shape index (κ2) is 8.03. The number of nitrogens with zero attached hydrogens (tertiary/aromatic N) is 5. The fraction of sp³-hybridized carbons (Fsp3) is 0.200. The molecule has 0 amide bonds. The predicted octanol–water partition coefficient (Wildman–Crippen LogP) is 3.97. The molecule has 154 valence electrons. The summed E-state index contributed by atoms with van der Waals surface area (Å²) in [5, 5.41) is 13.0. The van der Waals surface area contributed by atoms with Crippen LogP contribution in [0.25, 0.3) is 28.7 Å². The molecule has 0 spiro atoms. The number of hydrogen-bond acceptors (Lipinski definition) is 8. The molecule has 0 saturated carbocycles. The van der Waals surface area contributed by atoms with E-state index < -0.39 is 0 Å². The number of ether oxygens (including phenoxy) is 3. The van der Waals surface area contributed by atoms with E-state index in [0.29, 0.717) is 50.7 Å². The molecule has 2 aromatic carbocycles. The first-order valence-corrected chi connectivity index (χ1v) is 9.26. The Labute approximate surface area is 177 Å². The van der Waals surface area contributed by atoms with Gasteiger partial charge in [-0.3, -0.25) is 0 Å². The van der Waals surface area contributed by atoms with Crippen LogP contribution in [0.3, 0.4) is 0 Å². The van der Waals surface area contributed by atoms with Gasteiger partial charge in [0.25, 0.3) is 5.89 Å². The van der Waals surface area contributed by atoms with Gasteiger partial charge < -0.3 is 18.7 Å². The summed E-state index contributed by atoms with van der Waals surface area (Å²) in [6.07, 6.45) is 0. The quantitative estimate of drug-likeness (QED) is 0.456. The molecule has 0 aliphatic rings. The Bertz CT molecular complexity index is 1180. The molecule has 10 heteroatoms. The Kier molecular flexibility index (Phi) is 5.28. The molecule has 4 aromatic rings. The zero-order valence-corrected chi connectivity index (χ0v) is 17.5. The van der Waals surface area contributed by atoms with Crippen molar-refractivity contribution in [3.8, 4) is 45.9 Å². The highest BCUT2D eigenvalue weighted by atomic mass is 35.5. The highest BCUT2D eigenvalue weighted by Crippen LogP contribution is 2.40. The van der Waals surface area contributed by atoms with Crippen molar-refractivity contribution in [3.63, 3.8) is 0 Å². The number of para-hydroxylation sites is 1. The van der Waals surface area contributed by atoms with Crippen molar-refractivity contribution in [2.24, 2.45) is 0 Å². The van der Waals surface area contributed by atoms with Gasteiger partial charge in [0.15, 0.2) is 17.2 Å². The fourth-order valence-electron chi connectivity index (χ4n) is 3.03. The molecule has 0 saturated heterocycles. The third-order valence-corrected chi connectivity index (χ3v) is 4.85. The minimum atomic E-state index is 0.231. The maximum absolute atomic E-state index is 6.28. The van der Waals surface area contributed by atoms with Crippen molar-refractivity contribution < 1.29 is 18.7 Å². The van der Waals surface area contributed by atoms with Crippen LogP contribution in [0.1, 0.15) is 5.69 Å². The van der Waals surface area contributed by atoms with E-state index in [1.807, 2.05) is 25.1 Å². The van der Waals surface area contributed by atoms with Crippen molar-refractivity contribution >= 4 is 11.6 Å². The third kappa shape index (κ3) is 3.33. The topological polar surface area (TPSA) is 97.3 Å². The molecule has 2 heterocycles.